The summed E-state index contributed by atoms with van der Waals surface area (Å²) in [4.78, 5) is 4.35. The molecule has 6 heteroatoms. The monoisotopic (exact) mass is 279 g/mol. The van der Waals surface area contributed by atoms with Gasteiger partial charge in [-0.15, -0.1) is 0 Å². The Hall–Kier alpha value is -1.40. The van der Waals surface area contributed by atoms with Gasteiger partial charge < -0.3 is 9.84 Å². The summed E-state index contributed by atoms with van der Waals surface area (Å²) in [7, 11) is 0. The first kappa shape index (κ1) is 12.6. The number of aromatic nitrogens is 2. The predicted molar refractivity (Wildman–Crippen MR) is 71.6 cm³/mol. The summed E-state index contributed by atoms with van der Waals surface area (Å²) in [5.74, 6) is 2.92. The highest BCUT2D eigenvalue weighted by molar-refractivity contribution is 7.99. The first-order valence-corrected chi connectivity index (χ1v) is 7.35. The molecule has 1 aliphatic heterocycles. The van der Waals surface area contributed by atoms with E-state index < -0.39 is 0 Å². The van der Waals surface area contributed by atoms with Gasteiger partial charge in [-0.25, -0.2) is 4.39 Å². The Morgan fingerprint density at radius 1 is 1.42 bits per heavy atom. The maximum Gasteiger partial charge on any atom is 0.244 e. The summed E-state index contributed by atoms with van der Waals surface area (Å²) in [5, 5.41) is 7.26. The van der Waals surface area contributed by atoms with Crippen molar-refractivity contribution < 1.29 is 8.91 Å². The van der Waals surface area contributed by atoms with E-state index in [1.54, 1.807) is 18.2 Å². The van der Waals surface area contributed by atoms with Crippen LogP contribution in [0.2, 0.25) is 0 Å². The van der Waals surface area contributed by atoms with Crippen molar-refractivity contribution in [2.45, 2.75) is 12.5 Å². The van der Waals surface area contributed by atoms with Gasteiger partial charge in [0.2, 0.25) is 5.89 Å². The molecule has 4 nitrogen and oxygen atoms in total. The van der Waals surface area contributed by atoms with Gasteiger partial charge in [0.15, 0.2) is 5.82 Å². The van der Waals surface area contributed by atoms with Crippen molar-refractivity contribution in [3.8, 4) is 0 Å². The van der Waals surface area contributed by atoms with Crippen LogP contribution in [0.5, 0.6) is 0 Å². The quantitative estimate of drug-likeness (QED) is 0.933. The summed E-state index contributed by atoms with van der Waals surface area (Å²) in [5.41, 5.74) is 0.584. The molecule has 1 aromatic carbocycles. The fraction of sp³-hybridized carbons (Fsp3) is 0.385. The molecule has 0 spiro atoms. The Morgan fingerprint density at radius 3 is 3.11 bits per heavy atom. The minimum Gasteiger partial charge on any atom is -0.338 e. The van der Waals surface area contributed by atoms with Crippen molar-refractivity contribution in [1.29, 1.82) is 0 Å². The normalized spacial score (nSPS) is 19.5. The molecule has 100 valence electrons. The largest absolute Gasteiger partial charge is 0.338 e. The van der Waals surface area contributed by atoms with E-state index in [2.05, 4.69) is 15.5 Å². The van der Waals surface area contributed by atoms with Crippen LogP contribution in [-0.4, -0.2) is 28.2 Å². The molecule has 19 heavy (non-hydrogen) atoms. The third kappa shape index (κ3) is 2.96. The number of hydrogen-bond acceptors (Lipinski definition) is 5. The third-order valence-electron chi connectivity index (χ3n) is 3.01. The fourth-order valence-electron chi connectivity index (χ4n) is 2.02. The van der Waals surface area contributed by atoms with Crippen LogP contribution in [0, 0.1) is 5.82 Å². The number of benzene rings is 1. The molecule has 0 radical (unpaired) electrons. The fourth-order valence-corrected chi connectivity index (χ4v) is 2.94. The van der Waals surface area contributed by atoms with E-state index in [1.165, 1.54) is 6.07 Å². The van der Waals surface area contributed by atoms with Gasteiger partial charge in [-0.05, 0) is 11.6 Å². The molecular weight excluding hydrogens is 265 g/mol. The lowest BCUT2D eigenvalue weighted by molar-refractivity contribution is 0.339. The van der Waals surface area contributed by atoms with E-state index >= 15 is 0 Å². The summed E-state index contributed by atoms with van der Waals surface area (Å²) in [6.45, 7) is 0.945. The minimum atomic E-state index is -0.236. The third-order valence-corrected chi connectivity index (χ3v) is 4.07. The van der Waals surface area contributed by atoms with Crippen LogP contribution >= 0.6 is 11.8 Å². The molecule has 1 unspecified atom stereocenters. The number of thioether (sulfide) groups is 1. The maximum absolute atomic E-state index is 13.5. The van der Waals surface area contributed by atoms with E-state index in [0.717, 1.165) is 18.1 Å². The number of halogens is 1. The highest BCUT2D eigenvalue weighted by Gasteiger charge is 2.21. The Kier molecular flexibility index (Phi) is 3.79. The first-order chi connectivity index (χ1) is 9.33. The summed E-state index contributed by atoms with van der Waals surface area (Å²) in [6, 6.07) is 6.76. The van der Waals surface area contributed by atoms with Gasteiger partial charge in [0.1, 0.15) is 5.82 Å². The number of hydrogen-bond donors (Lipinski definition) is 1. The Morgan fingerprint density at radius 2 is 2.32 bits per heavy atom. The first-order valence-electron chi connectivity index (χ1n) is 6.20. The Bertz CT molecular complexity index is 554. The van der Waals surface area contributed by atoms with Gasteiger partial charge in [0.05, 0.1) is 6.04 Å². The highest BCUT2D eigenvalue weighted by Crippen LogP contribution is 2.21. The van der Waals surface area contributed by atoms with Gasteiger partial charge >= 0.3 is 0 Å². The molecule has 0 saturated carbocycles. The average Bonchev–Trinajstić information content (AvgIpc) is 2.91. The van der Waals surface area contributed by atoms with Gasteiger partial charge in [-0.1, -0.05) is 23.4 Å². The van der Waals surface area contributed by atoms with E-state index in [0.29, 0.717) is 23.7 Å². The summed E-state index contributed by atoms with van der Waals surface area (Å²) < 4.78 is 18.8. The zero-order valence-corrected chi connectivity index (χ0v) is 11.1. The van der Waals surface area contributed by atoms with E-state index in [-0.39, 0.29) is 11.9 Å². The lowest BCUT2D eigenvalue weighted by Crippen LogP contribution is -2.30. The number of nitrogens with zero attached hydrogens (tertiary/aromatic N) is 2. The molecule has 1 aliphatic rings. The topological polar surface area (TPSA) is 51.0 Å². The molecule has 1 saturated heterocycles. The van der Waals surface area contributed by atoms with Crippen molar-refractivity contribution in [2.24, 2.45) is 0 Å². The standard InChI is InChI=1S/C13H14FN3OS/c14-10-4-2-1-3-9(10)7-12-16-13(18-17-12)11-8-19-6-5-15-11/h1-4,11,15H,5-8H2. The zero-order chi connectivity index (χ0) is 13.1. The van der Waals surface area contributed by atoms with Gasteiger partial charge in [-0.3, -0.25) is 0 Å². The van der Waals surface area contributed by atoms with Crippen molar-refractivity contribution in [1.82, 2.24) is 15.5 Å². The van der Waals surface area contributed by atoms with Crippen LogP contribution in [0.3, 0.4) is 0 Å². The predicted octanol–water partition coefficient (Wildman–Crippen LogP) is 2.18. The highest BCUT2D eigenvalue weighted by atomic mass is 32.2. The molecule has 0 amide bonds. The second kappa shape index (κ2) is 5.71. The van der Waals surface area contributed by atoms with E-state index in [9.17, 15) is 4.39 Å². The van der Waals surface area contributed by atoms with Crippen molar-refractivity contribution in [3.05, 3.63) is 47.4 Å². The molecule has 1 N–H and O–H groups in total. The molecule has 1 fully saturated rings. The second-order valence-electron chi connectivity index (χ2n) is 4.40. The SMILES string of the molecule is Fc1ccccc1Cc1noc(C2CSCCN2)n1. The molecule has 3 rings (SSSR count). The minimum absolute atomic E-state index is 0.112. The van der Waals surface area contributed by atoms with Crippen LogP contribution in [0.1, 0.15) is 23.3 Å². The lowest BCUT2D eigenvalue weighted by atomic mass is 10.1. The van der Waals surface area contributed by atoms with Crippen molar-refractivity contribution in [2.75, 3.05) is 18.1 Å². The van der Waals surface area contributed by atoms with Gasteiger partial charge in [0.25, 0.3) is 0 Å². The number of rotatable bonds is 3. The second-order valence-corrected chi connectivity index (χ2v) is 5.55. The molecule has 0 bridgehead atoms. The Labute approximate surface area is 114 Å². The van der Waals surface area contributed by atoms with Crippen molar-refractivity contribution >= 4 is 11.8 Å². The lowest BCUT2D eigenvalue weighted by Gasteiger charge is -2.19. The van der Waals surface area contributed by atoms with Crippen LogP contribution in [0.25, 0.3) is 0 Å². The molecule has 1 atom stereocenters. The zero-order valence-electron chi connectivity index (χ0n) is 10.3. The van der Waals surface area contributed by atoms with Gasteiger partial charge in [0, 0.05) is 24.5 Å². The average molecular weight is 279 g/mol. The van der Waals surface area contributed by atoms with E-state index in [1.807, 2.05) is 11.8 Å². The molecule has 0 aliphatic carbocycles. The summed E-state index contributed by atoms with van der Waals surface area (Å²) in [6.07, 6.45) is 0.357. The maximum atomic E-state index is 13.5. The van der Waals surface area contributed by atoms with Crippen LogP contribution in [0.15, 0.2) is 28.8 Å². The van der Waals surface area contributed by atoms with Gasteiger partial charge in [-0.2, -0.15) is 16.7 Å². The Balaban J connectivity index is 1.73. The summed E-state index contributed by atoms with van der Waals surface area (Å²) >= 11 is 1.86. The van der Waals surface area contributed by atoms with Crippen LogP contribution < -0.4 is 5.32 Å². The smallest absolute Gasteiger partial charge is 0.244 e. The molecular formula is C13H14FN3OS. The molecule has 1 aromatic heterocycles. The van der Waals surface area contributed by atoms with Crippen LogP contribution in [-0.2, 0) is 6.42 Å². The molecule has 2 heterocycles. The number of nitrogens with one attached hydrogen (secondary N) is 1. The van der Waals surface area contributed by atoms with Crippen molar-refractivity contribution in [3.63, 3.8) is 0 Å². The van der Waals surface area contributed by atoms with Crippen LogP contribution in [0.4, 0.5) is 4.39 Å². The molecule has 2 aromatic rings. The van der Waals surface area contributed by atoms with E-state index in [4.69, 9.17) is 4.52 Å².